The molecule has 0 bridgehead atoms. The molecule has 5 rings (SSSR count). The molecule has 3 heterocycles. The lowest BCUT2D eigenvalue weighted by atomic mass is 9.95. The Kier molecular flexibility index (Phi) is 4.75. The number of furan rings is 1. The molecule has 1 N–H and O–H groups in total. The van der Waals surface area contributed by atoms with E-state index in [9.17, 15) is 19.1 Å². The summed E-state index contributed by atoms with van der Waals surface area (Å²) in [4.78, 5) is 31.7. The van der Waals surface area contributed by atoms with Crippen molar-refractivity contribution in [3.8, 4) is 0 Å². The van der Waals surface area contributed by atoms with Gasteiger partial charge in [-0.15, -0.1) is 0 Å². The van der Waals surface area contributed by atoms with Crippen LogP contribution in [0.2, 0.25) is 5.02 Å². The number of fused-ring (bicyclic) bond motifs is 1. The number of benzene rings is 2. The first-order chi connectivity index (χ1) is 15.4. The van der Waals surface area contributed by atoms with Gasteiger partial charge in [0.1, 0.15) is 11.4 Å². The summed E-state index contributed by atoms with van der Waals surface area (Å²) in [6.07, 6.45) is 3.03. The number of hydrogen-bond acceptors (Lipinski definition) is 5. The van der Waals surface area contributed by atoms with E-state index in [2.05, 4.69) is 4.98 Å². The second-order valence-electron chi connectivity index (χ2n) is 7.22. The Balaban J connectivity index is 1.65. The molecule has 32 heavy (non-hydrogen) atoms. The lowest BCUT2D eigenvalue weighted by Crippen LogP contribution is -2.31. The third-order valence-electron chi connectivity index (χ3n) is 5.28. The summed E-state index contributed by atoms with van der Waals surface area (Å²) >= 11 is 6.02. The van der Waals surface area contributed by atoms with Gasteiger partial charge in [-0.2, -0.15) is 0 Å². The number of anilines is 1. The molecule has 0 spiro atoms. The van der Waals surface area contributed by atoms with Crippen LogP contribution in [-0.2, 0) is 4.79 Å². The number of rotatable bonds is 4. The molecule has 0 fully saturated rings. The van der Waals surface area contributed by atoms with Gasteiger partial charge in [0.05, 0.1) is 11.6 Å². The summed E-state index contributed by atoms with van der Waals surface area (Å²) in [5, 5.41) is 11.8. The summed E-state index contributed by atoms with van der Waals surface area (Å²) in [6.45, 7) is 0. The number of aliphatic hydroxyl groups excluding tert-OH is 1. The van der Waals surface area contributed by atoms with Crippen molar-refractivity contribution in [2.24, 2.45) is 0 Å². The minimum atomic E-state index is -0.958. The molecule has 0 radical (unpaired) electrons. The lowest BCUT2D eigenvalue weighted by Gasteiger charge is -2.26. The van der Waals surface area contributed by atoms with Crippen molar-refractivity contribution in [3.63, 3.8) is 0 Å². The average Bonchev–Trinajstić information content (AvgIpc) is 3.33. The lowest BCUT2D eigenvalue weighted by molar-refractivity contribution is -0.117. The number of carbonyl (C=O) groups is 2. The number of pyridine rings is 1. The van der Waals surface area contributed by atoms with Gasteiger partial charge in [0, 0.05) is 28.5 Å². The number of amides is 1. The van der Waals surface area contributed by atoms with Crippen LogP contribution >= 0.6 is 11.6 Å². The predicted molar refractivity (Wildman–Crippen MR) is 116 cm³/mol. The van der Waals surface area contributed by atoms with Gasteiger partial charge in [0.25, 0.3) is 5.91 Å². The second-order valence-corrected chi connectivity index (χ2v) is 7.66. The molecule has 0 saturated heterocycles. The molecule has 0 aliphatic carbocycles. The van der Waals surface area contributed by atoms with Crippen LogP contribution < -0.4 is 4.90 Å². The van der Waals surface area contributed by atoms with Crippen molar-refractivity contribution in [3.05, 3.63) is 107 Å². The van der Waals surface area contributed by atoms with Gasteiger partial charge in [-0.25, -0.2) is 4.39 Å². The van der Waals surface area contributed by atoms with E-state index in [1.54, 1.807) is 30.3 Å². The molecule has 1 unspecified atom stereocenters. The van der Waals surface area contributed by atoms with E-state index >= 15 is 0 Å². The number of aromatic nitrogens is 1. The standard InChI is InChI=1S/C24H14ClFN2O4/c25-15-1-6-18-14(11-15)12-19(32-18)22(29)20-21(13-7-9-27-10-8-13)28(24(31)23(20)30)17-4-2-16(26)3-5-17/h1-12,21,30H. The monoisotopic (exact) mass is 448 g/mol. The highest BCUT2D eigenvalue weighted by Crippen LogP contribution is 2.42. The quantitative estimate of drug-likeness (QED) is 0.422. The normalized spacial score (nSPS) is 16.2. The molecule has 1 aliphatic heterocycles. The van der Waals surface area contributed by atoms with Crippen LogP contribution in [0.15, 0.2) is 88.8 Å². The van der Waals surface area contributed by atoms with E-state index in [0.717, 1.165) is 0 Å². The Hall–Kier alpha value is -3.97. The van der Waals surface area contributed by atoms with Crippen LogP contribution in [0, 0.1) is 5.82 Å². The van der Waals surface area contributed by atoms with Gasteiger partial charge in [-0.3, -0.25) is 19.5 Å². The number of halogens is 2. The summed E-state index contributed by atoms with van der Waals surface area (Å²) in [5.74, 6) is -2.64. The number of aliphatic hydroxyl groups is 1. The van der Waals surface area contributed by atoms with Crippen molar-refractivity contribution in [1.29, 1.82) is 0 Å². The second kappa shape index (κ2) is 7.62. The van der Waals surface area contributed by atoms with Crippen molar-refractivity contribution in [2.45, 2.75) is 6.04 Å². The first-order valence-corrected chi connectivity index (χ1v) is 9.98. The molecule has 1 aliphatic rings. The molecule has 2 aromatic heterocycles. The van der Waals surface area contributed by atoms with E-state index in [4.69, 9.17) is 16.0 Å². The Morgan fingerprint density at radius 3 is 2.50 bits per heavy atom. The van der Waals surface area contributed by atoms with Gasteiger partial charge >= 0.3 is 0 Å². The molecule has 158 valence electrons. The molecule has 8 heteroatoms. The zero-order chi connectivity index (χ0) is 22.4. The first-order valence-electron chi connectivity index (χ1n) is 9.60. The molecular formula is C24H14ClFN2O4. The van der Waals surface area contributed by atoms with E-state index in [0.29, 0.717) is 27.2 Å². The minimum absolute atomic E-state index is 0.0448. The number of hydrogen-bond donors (Lipinski definition) is 1. The van der Waals surface area contributed by atoms with Crippen LogP contribution in [0.25, 0.3) is 11.0 Å². The molecule has 6 nitrogen and oxygen atoms in total. The van der Waals surface area contributed by atoms with Crippen molar-refractivity contribution in [1.82, 2.24) is 4.98 Å². The maximum Gasteiger partial charge on any atom is 0.294 e. The van der Waals surface area contributed by atoms with Crippen LogP contribution in [0.1, 0.15) is 22.2 Å². The number of Topliss-reactive ketones (excluding diaryl/α,β-unsaturated/α-hetero) is 1. The van der Waals surface area contributed by atoms with Crippen molar-refractivity contribution >= 4 is 39.9 Å². The average molecular weight is 449 g/mol. The topological polar surface area (TPSA) is 83.6 Å². The van der Waals surface area contributed by atoms with Gasteiger partial charge < -0.3 is 9.52 Å². The van der Waals surface area contributed by atoms with Crippen LogP contribution in [0.5, 0.6) is 0 Å². The Bertz CT molecular complexity index is 1400. The maximum atomic E-state index is 13.5. The SMILES string of the molecule is O=C(C1=C(O)C(=O)N(c2ccc(F)cc2)C1c1ccncc1)c1cc2cc(Cl)ccc2o1. The van der Waals surface area contributed by atoms with Gasteiger partial charge in [0.2, 0.25) is 5.78 Å². The highest BCUT2D eigenvalue weighted by Gasteiger charge is 2.45. The largest absolute Gasteiger partial charge is 0.503 e. The summed E-state index contributed by atoms with van der Waals surface area (Å²) < 4.78 is 19.2. The van der Waals surface area contributed by atoms with E-state index in [1.807, 2.05) is 0 Å². The molecular weight excluding hydrogens is 435 g/mol. The predicted octanol–water partition coefficient (Wildman–Crippen LogP) is 5.40. The fourth-order valence-corrected chi connectivity index (χ4v) is 4.01. The molecule has 2 aromatic carbocycles. The highest BCUT2D eigenvalue weighted by atomic mass is 35.5. The van der Waals surface area contributed by atoms with Crippen molar-refractivity contribution in [2.75, 3.05) is 4.90 Å². The smallest absolute Gasteiger partial charge is 0.294 e. The van der Waals surface area contributed by atoms with Crippen LogP contribution in [0.3, 0.4) is 0 Å². The number of ketones is 1. The van der Waals surface area contributed by atoms with E-state index in [-0.39, 0.29) is 11.3 Å². The van der Waals surface area contributed by atoms with Gasteiger partial charge in [-0.1, -0.05) is 11.6 Å². The van der Waals surface area contributed by atoms with Crippen LogP contribution in [0.4, 0.5) is 10.1 Å². The van der Waals surface area contributed by atoms with E-state index in [1.165, 1.54) is 47.6 Å². The first kappa shape index (κ1) is 20.0. The third kappa shape index (κ3) is 3.23. The molecule has 1 amide bonds. The highest BCUT2D eigenvalue weighted by molar-refractivity contribution is 6.31. The molecule has 1 atom stereocenters. The van der Waals surface area contributed by atoms with Gasteiger partial charge in [-0.05, 0) is 66.2 Å². The van der Waals surface area contributed by atoms with Gasteiger partial charge in [0.15, 0.2) is 11.5 Å². The van der Waals surface area contributed by atoms with E-state index < -0.39 is 29.3 Å². The van der Waals surface area contributed by atoms with Crippen LogP contribution in [-0.4, -0.2) is 21.8 Å². The zero-order valence-corrected chi connectivity index (χ0v) is 17.1. The summed E-state index contributed by atoms with van der Waals surface area (Å²) in [5.41, 5.74) is 1.17. The molecule has 0 saturated carbocycles. The third-order valence-corrected chi connectivity index (χ3v) is 5.52. The Morgan fingerprint density at radius 1 is 1.06 bits per heavy atom. The Morgan fingerprint density at radius 2 is 1.78 bits per heavy atom. The summed E-state index contributed by atoms with van der Waals surface area (Å²) in [6, 6.07) is 14.0. The minimum Gasteiger partial charge on any atom is -0.503 e. The zero-order valence-electron chi connectivity index (χ0n) is 16.3. The summed E-state index contributed by atoms with van der Waals surface area (Å²) in [7, 11) is 0. The van der Waals surface area contributed by atoms with Crippen molar-refractivity contribution < 1.29 is 23.5 Å². The fraction of sp³-hybridized carbons (Fsp3) is 0.0417. The fourth-order valence-electron chi connectivity index (χ4n) is 3.83. The number of carbonyl (C=O) groups excluding carboxylic acids is 2. The molecule has 4 aromatic rings. The number of nitrogens with zero attached hydrogens (tertiary/aromatic N) is 2. The Labute approximate surface area is 186 Å². The maximum absolute atomic E-state index is 13.5.